The molecule has 0 saturated carbocycles. The molecule has 0 aliphatic rings. The molecule has 1 heterocycles. The third-order valence-electron chi connectivity index (χ3n) is 2.23. The second-order valence-electron chi connectivity index (χ2n) is 3.32. The van der Waals surface area contributed by atoms with Gasteiger partial charge < -0.3 is 0 Å². The van der Waals surface area contributed by atoms with Gasteiger partial charge in [0.05, 0.1) is 0 Å². The third-order valence-corrected chi connectivity index (χ3v) is 2.23. The molecule has 0 atom stereocenters. The van der Waals surface area contributed by atoms with Gasteiger partial charge in [-0.25, -0.2) is 0 Å². The molecule has 2 nitrogen and oxygen atoms in total. The van der Waals surface area contributed by atoms with Crippen molar-refractivity contribution in [3.05, 3.63) is 54.4 Å². The van der Waals surface area contributed by atoms with Crippen LogP contribution >= 0.6 is 0 Å². The first-order chi connectivity index (χ1) is 7.29. The van der Waals surface area contributed by atoms with Gasteiger partial charge >= 0.3 is 0 Å². The minimum Gasteiger partial charge on any atom is -0.293 e. The number of hydrogen-bond donors (Lipinski definition) is 0. The molecular formula is C13H11NO. The van der Waals surface area contributed by atoms with Crippen molar-refractivity contribution in [2.75, 3.05) is 0 Å². The summed E-state index contributed by atoms with van der Waals surface area (Å²) in [7, 11) is 0. The number of carbonyl (C=O) groups is 1. The van der Waals surface area contributed by atoms with Gasteiger partial charge in [-0.15, -0.1) is 0 Å². The molecule has 0 unspecified atom stereocenters. The van der Waals surface area contributed by atoms with E-state index in [0.717, 1.165) is 11.1 Å². The highest BCUT2D eigenvalue weighted by atomic mass is 16.1. The highest BCUT2D eigenvalue weighted by molar-refractivity contribution is 5.98. The van der Waals surface area contributed by atoms with E-state index in [-0.39, 0.29) is 5.78 Å². The average molecular weight is 197 g/mol. The van der Waals surface area contributed by atoms with Crippen LogP contribution in [0.5, 0.6) is 0 Å². The topological polar surface area (TPSA) is 30.0 Å². The van der Waals surface area contributed by atoms with E-state index < -0.39 is 0 Å². The Morgan fingerprint density at radius 3 is 2.47 bits per heavy atom. The summed E-state index contributed by atoms with van der Waals surface area (Å²) in [4.78, 5) is 15.5. The summed E-state index contributed by atoms with van der Waals surface area (Å²) < 4.78 is 0. The number of ketones is 1. The van der Waals surface area contributed by atoms with Gasteiger partial charge in [-0.2, -0.15) is 0 Å². The zero-order valence-electron chi connectivity index (χ0n) is 8.47. The minimum absolute atomic E-state index is 0.00514. The lowest BCUT2D eigenvalue weighted by Gasteiger charge is -2.04. The Morgan fingerprint density at radius 2 is 1.80 bits per heavy atom. The molecule has 2 rings (SSSR count). The largest absolute Gasteiger partial charge is 0.293 e. The number of aromatic nitrogens is 1. The second kappa shape index (κ2) is 4.05. The van der Waals surface area contributed by atoms with Crippen LogP contribution in [0.15, 0.2) is 48.7 Å². The Bertz CT molecular complexity index is 477. The number of Topliss-reactive ketones (excluding diaryl/α,β-unsaturated/α-hetero) is 1. The first-order valence-electron chi connectivity index (χ1n) is 4.80. The van der Waals surface area contributed by atoms with Crippen LogP contribution in [-0.2, 0) is 0 Å². The van der Waals surface area contributed by atoms with E-state index in [9.17, 15) is 4.79 Å². The Morgan fingerprint density at radius 1 is 1.07 bits per heavy atom. The van der Waals surface area contributed by atoms with E-state index in [2.05, 4.69) is 4.98 Å². The van der Waals surface area contributed by atoms with E-state index in [1.165, 1.54) is 6.92 Å². The van der Waals surface area contributed by atoms with Crippen molar-refractivity contribution in [3.63, 3.8) is 0 Å². The molecule has 15 heavy (non-hydrogen) atoms. The molecule has 0 N–H and O–H groups in total. The maximum absolute atomic E-state index is 11.4. The molecule has 0 saturated heterocycles. The highest BCUT2D eigenvalue weighted by Gasteiger charge is 2.08. The molecular weight excluding hydrogens is 186 g/mol. The maximum Gasteiger partial charge on any atom is 0.178 e. The molecule has 0 aliphatic carbocycles. The van der Waals surface area contributed by atoms with Crippen LogP contribution in [0.1, 0.15) is 17.4 Å². The minimum atomic E-state index is -0.00514. The average Bonchev–Trinajstić information content (AvgIpc) is 2.30. The van der Waals surface area contributed by atoms with Crippen LogP contribution < -0.4 is 0 Å². The van der Waals surface area contributed by atoms with Crippen molar-refractivity contribution >= 4 is 5.78 Å². The maximum atomic E-state index is 11.4. The smallest absolute Gasteiger partial charge is 0.178 e. The fourth-order valence-corrected chi connectivity index (χ4v) is 1.54. The van der Waals surface area contributed by atoms with Gasteiger partial charge in [0, 0.05) is 18.7 Å². The van der Waals surface area contributed by atoms with Crippen molar-refractivity contribution in [2.24, 2.45) is 0 Å². The van der Waals surface area contributed by atoms with E-state index in [0.29, 0.717) is 5.69 Å². The molecule has 1 aromatic carbocycles. The Hall–Kier alpha value is -1.96. The van der Waals surface area contributed by atoms with Gasteiger partial charge in [0.1, 0.15) is 5.69 Å². The number of benzene rings is 1. The highest BCUT2D eigenvalue weighted by Crippen LogP contribution is 2.21. The first kappa shape index (κ1) is 9.59. The molecule has 0 radical (unpaired) electrons. The van der Waals surface area contributed by atoms with Gasteiger partial charge in [0.25, 0.3) is 0 Å². The number of carbonyl (C=O) groups excluding carboxylic acids is 1. The van der Waals surface area contributed by atoms with Gasteiger partial charge in [-0.1, -0.05) is 36.4 Å². The third kappa shape index (κ3) is 1.94. The van der Waals surface area contributed by atoms with E-state index in [1.54, 1.807) is 6.20 Å². The summed E-state index contributed by atoms with van der Waals surface area (Å²) in [5.74, 6) is -0.00514. The van der Waals surface area contributed by atoms with Crippen LogP contribution in [0, 0.1) is 0 Å². The lowest BCUT2D eigenvalue weighted by atomic mass is 10.0. The molecule has 0 aliphatic heterocycles. The second-order valence-corrected chi connectivity index (χ2v) is 3.32. The Labute approximate surface area is 88.6 Å². The predicted octanol–water partition coefficient (Wildman–Crippen LogP) is 2.95. The summed E-state index contributed by atoms with van der Waals surface area (Å²) in [5, 5.41) is 0. The van der Waals surface area contributed by atoms with Crippen LogP contribution in [-0.4, -0.2) is 10.8 Å². The van der Waals surface area contributed by atoms with Crippen molar-refractivity contribution in [1.82, 2.24) is 4.98 Å². The fourth-order valence-electron chi connectivity index (χ4n) is 1.54. The first-order valence-corrected chi connectivity index (χ1v) is 4.80. The summed E-state index contributed by atoms with van der Waals surface area (Å²) >= 11 is 0. The molecule has 0 amide bonds. The van der Waals surface area contributed by atoms with Crippen LogP contribution in [0.3, 0.4) is 0 Å². The number of hydrogen-bond acceptors (Lipinski definition) is 2. The zero-order valence-corrected chi connectivity index (χ0v) is 8.47. The normalized spacial score (nSPS) is 9.93. The molecule has 0 fully saturated rings. The Balaban J connectivity index is 2.58. The van der Waals surface area contributed by atoms with Gasteiger partial charge in [0.15, 0.2) is 5.78 Å². The number of rotatable bonds is 2. The monoisotopic (exact) mass is 197 g/mol. The summed E-state index contributed by atoms with van der Waals surface area (Å²) in [6, 6.07) is 13.6. The van der Waals surface area contributed by atoms with Gasteiger partial charge in [-0.05, 0) is 11.6 Å². The predicted molar refractivity (Wildman–Crippen MR) is 59.7 cm³/mol. The van der Waals surface area contributed by atoms with Crippen LogP contribution in [0.2, 0.25) is 0 Å². The lowest BCUT2D eigenvalue weighted by Crippen LogP contribution is -1.99. The van der Waals surface area contributed by atoms with Crippen molar-refractivity contribution < 1.29 is 4.79 Å². The fraction of sp³-hybridized carbons (Fsp3) is 0.0769. The summed E-state index contributed by atoms with van der Waals surface area (Å²) in [6.07, 6.45) is 1.64. The molecule has 1 aromatic heterocycles. The molecule has 74 valence electrons. The van der Waals surface area contributed by atoms with Crippen LogP contribution in [0.4, 0.5) is 0 Å². The summed E-state index contributed by atoms with van der Waals surface area (Å²) in [6.45, 7) is 1.54. The number of nitrogens with zero attached hydrogens (tertiary/aromatic N) is 1. The molecule has 2 aromatic rings. The Kier molecular flexibility index (Phi) is 2.59. The van der Waals surface area contributed by atoms with Crippen molar-refractivity contribution in [2.45, 2.75) is 6.92 Å². The van der Waals surface area contributed by atoms with Gasteiger partial charge in [0.2, 0.25) is 0 Å². The summed E-state index contributed by atoms with van der Waals surface area (Å²) in [5.41, 5.74) is 2.45. The van der Waals surface area contributed by atoms with Gasteiger partial charge in [-0.3, -0.25) is 9.78 Å². The lowest BCUT2D eigenvalue weighted by molar-refractivity contribution is 0.101. The van der Waals surface area contributed by atoms with Crippen molar-refractivity contribution in [3.8, 4) is 11.1 Å². The molecule has 0 bridgehead atoms. The number of pyridine rings is 1. The van der Waals surface area contributed by atoms with E-state index >= 15 is 0 Å². The zero-order chi connectivity index (χ0) is 10.7. The van der Waals surface area contributed by atoms with E-state index in [1.807, 2.05) is 42.5 Å². The quantitative estimate of drug-likeness (QED) is 0.693. The molecule has 0 spiro atoms. The van der Waals surface area contributed by atoms with Crippen molar-refractivity contribution in [1.29, 1.82) is 0 Å². The standard InChI is InChI=1S/C13H11NO/c1-10(15)13-12(8-5-9-14-13)11-6-3-2-4-7-11/h2-9H,1H3. The SMILES string of the molecule is CC(=O)c1ncccc1-c1ccccc1. The molecule has 2 heteroatoms. The van der Waals surface area contributed by atoms with Crippen LogP contribution in [0.25, 0.3) is 11.1 Å². The van der Waals surface area contributed by atoms with E-state index in [4.69, 9.17) is 0 Å².